The molecule has 0 saturated heterocycles. The number of nitrogen functional groups attached to an aromatic ring is 1. The number of nitrogens with two attached hydrogens (primary N) is 1. The van der Waals surface area contributed by atoms with Crippen LogP contribution in [0.15, 0.2) is 0 Å². The molecule has 0 radical (unpaired) electrons. The molecule has 0 fully saturated rings. The highest BCUT2D eigenvalue weighted by atomic mass is 14.6. The van der Waals surface area contributed by atoms with Crippen LogP contribution in [-0.2, 0) is 0 Å². The molecule has 0 atom stereocenters. The number of anilines is 1. The van der Waals surface area contributed by atoms with E-state index < -0.39 is 0 Å². The number of rotatable bonds is 0. The summed E-state index contributed by atoms with van der Waals surface area (Å²) in [5.41, 5.74) is 11.5. The molecule has 0 aliphatic rings. The SMILES string of the molecule is Cc1c(C)c(C)c(C#N)c(N)c1C. The topological polar surface area (TPSA) is 49.8 Å². The lowest BCUT2D eigenvalue weighted by atomic mass is 9.93. The lowest BCUT2D eigenvalue weighted by molar-refractivity contribution is 1.20. The van der Waals surface area contributed by atoms with Gasteiger partial charge in [-0.05, 0) is 49.9 Å². The first-order valence-electron chi connectivity index (χ1n) is 4.26. The van der Waals surface area contributed by atoms with Crippen molar-refractivity contribution < 1.29 is 0 Å². The summed E-state index contributed by atoms with van der Waals surface area (Å²) >= 11 is 0. The van der Waals surface area contributed by atoms with E-state index in [-0.39, 0.29) is 0 Å². The van der Waals surface area contributed by atoms with Crippen molar-refractivity contribution in [2.75, 3.05) is 5.73 Å². The predicted molar refractivity (Wildman–Crippen MR) is 54.5 cm³/mol. The lowest BCUT2D eigenvalue weighted by Crippen LogP contribution is -2.02. The van der Waals surface area contributed by atoms with Crippen molar-refractivity contribution in [1.82, 2.24) is 0 Å². The van der Waals surface area contributed by atoms with Crippen LogP contribution in [0.4, 0.5) is 5.69 Å². The monoisotopic (exact) mass is 174 g/mol. The molecule has 0 spiro atoms. The minimum Gasteiger partial charge on any atom is -0.397 e. The Morgan fingerprint density at radius 1 is 0.923 bits per heavy atom. The fourth-order valence-corrected chi connectivity index (χ4v) is 1.49. The van der Waals surface area contributed by atoms with Crippen molar-refractivity contribution >= 4 is 5.69 Å². The minimum atomic E-state index is 0.626. The van der Waals surface area contributed by atoms with E-state index in [1.54, 1.807) is 0 Å². The van der Waals surface area contributed by atoms with Gasteiger partial charge in [0.15, 0.2) is 0 Å². The molecule has 2 heteroatoms. The first kappa shape index (κ1) is 9.60. The van der Waals surface area contributed by atoms with E-state index in [9.17, 15) is 0 Å². The van der Waals surface area contributed by atoms with Gasteiger partial charge in [0.1, 0.15) is 6.07 Å². The normalized spacial score (nSPS) is 9.77. The lowest BCUT2D eigenvalue weighted by Gasteiger charge is -2.13. The number of nitriles is 1. The highest BCUT2D eigenvalue weighted by molar-refractivity contribution is 5.66. The summed E-state index contributed by atoms with van der Waals surface area (Å²) in [6.45, 7) is 7.96. The summed E-state index contributed by atoms with van der Waals surface area (Å²) in [7, 11) is 0. The van der Waals surface area contributed by atoms with Crippen LogP contribution >= 0.6 is 0 Å². The van der Waals surface area contributed by atoms with E-state index in [0.717, 1.165) is 11.1 Å². The maximum Gasteiger partial charge on any atom is 0.102 e. The quantitative estimate of drug-likeness (QED) is 0.614. The number of hydrogen-bond donors (Lipinski definition) is 1. The second kappa shape index (κ2) is 3.10. The Kier molecular flexibility index (Phi) is 2.29. The number of hydrogen-bond acceptors (Lipinski definition) is 2. The van der Waals surface area contributed by atoms with Gasteiger partial charge in [-0.25, -0.2) is 0 Å². The van der Waals surface area contributed by atoms with Gasteiger partial charge in [0.2, 0.25) is 0 Å². The average molecular weight is 174 g/mol. The van der Waals surface area contributed by atoms with Crippen LogP contribution in [0.3, 0.4) is 0 Å². The van der Waals surface area contributed by atoms with Crippen LogP contribution in [0.5, 0.6) is 0 Å². The maximum atomic E-state index is 8.91. The van der Waals surface area contributed by atoms with Gasteiger partial charge in [-0.3, -0.25) is 0 Å². The minimum absolute atomic E-state index is 0.626. The molecule has 0 amide bonds. The predicted octanol–water partition coefficient (Wildman–Crippen LogP) is 2.37. The summed E-state index contributed by atoms with van der Waals surface area (Å²) in [4.78, 5) is 0. The van der Waals surface area contributed by atoms with E-state index >= 15 is 0 Å². The van der Waals surface area contributed by atoms with Gasteiger partial charge < -0.3 is 5.73 Å². The third kappa shape index (κ3) is 1.27. The van der Waals surface area contributed by atoms with E-state index in [0.29, 0.717) is 11.3 Å². The average Bonchev–Trinajstić information content (AvgIpc) is 2.13. The molecule has 1 rings (SSSR count). The van der Waals surface area contributed by atoms with Crippen molar-refractivity contribution in [2.45, 2.75) is 27.7 Å². The molecule has 0 aliphatic carbocycles. The Labute approximate surface area is 79.0 Å². The molecule has 13 heavy (non-hydrogen) atoms. The van der Waals surface area contributed by atoms with Crippen molar-refractivity contribution in [3.8, 4) is 6.07 Å². The van der Waals surface area contributed by atoms with Crippen molar-refractivity contribution in [3.63, 3.8) is 0 Å². The molecule has 0 aromatic heterocycles. The second-order valence-corrected chi connectivity index (χ2v) is 3.40. The molecular weight excluding hydrogens is 160 g/mol. The van der Waals surface area contributed by atoms with Crippen LogP contribution < -0.4 is 5.73 Å². The summed E-state index contributed by atoms with van der Waals surface area (Å²) in [5, 5.41) is 8.91. The highest BCUT2D eigenvalue weighted by Gasteiger charge is 2.11. The van der Waals surface area contributed by atoms with Crippen LogP contribution in [0, 0.1) is 39.0 Å². The molecule has 0 saturated carbocycles. The second-order valence-electron chi connectivity index (χ2n) is 3.40. The summed E-state index contributed by atoms with van der Waals surface area (Å²) in [6, 6.07) is 2.15. The van der Waals surface area contributed by atoms with Gasteiger partial charge >= 0.3 is 0 Å². The zero-order valence-electron chi connectivity index (χ0n) is 8.52. The van der Waals surface area contributed by atoms with Crippen molar-refractivity contribution in [1.29, 1.82) is 5.26 Å². The maximum absolute atomic E-state index is 8.91. The standard InChI is InChI=1S/C11H14N2/c1-6-7(2)9(4)11(13)10(5-12)8(6)3/h13H2,1-4H3. The first-order chi connectivity index (χ1) is 6.00. The smallest absolute Gasteiger partial charge is 0.102 e. The summed E-state index contributed by atoms with van der Waals surface area (Å²) in [6.07, 6.45) is 0. The van der Waals surface area contributed by atoms with Gasteiger partial charge in [0.25, 0.3) is 0 Å². The molecule has 0 heterocycles. The van der Waals surface area contributed by atoms with Crippen LogP contribution in [-0.4, -0.2) is 0 Å². The molecule has 2 nitrogen and oxygen atoms in total. The fraction of sp³-hybridized carbons (Fsp3) is 0.364. The largest absolute Gasteiger partial charge is 0.397 e. The third-order valence-corrected chi connectivity index (χ3v) is 2.85. The molecule has 2 N–H and O–H groups in total. The van der Waals surface area contributed by atoms with Gasteiger partial charge in [0.05, 0.1) is 11.3 Å². The van der Waals surface area contributed by atoms with Gasteiger partial charge in [-0.1, -0.05) is 0 Å². The highest BCUT2D eigenvalue weighted by Crippen LogP contribution is 2.27. The first-order valence-corrected chi connectivity index (χ1v) is 4.26. The van der Waals surface area contributed by atoms with Gasteiger partial charge in [-0.15, -0.1) is 0 Å². The van der Waals surface area contributed by atoms with Crippen LogP contribution in [0.2, 0.25) is 0 Å². The molecule has 0 aliphatic heterocycles. The van der Waals surface area contributed by atoms with E-state index in [1.165, 1.54) is 11.1 Å². The Morgan fingerprint density at radius 2 is 1.38 bits per heavy atom. The van der Waals surface area contributed by atoms with E-state index in [2.05, 4.69) is 6.07 Å². The van der Waals surface area contributed by atoms with Crippen molar-refractivity contribution in [2.24, 2.45) is 0 Å². The Bertz CT molecular complexity index is 369. The van der Waals surface area contributed by atoms with Gasteiger partial charge in [-0.2, -0.15) is 5.26 Å². The Hall–Kier alpha value is -1.49. The number of benzene rings is 1. The molecule has 1 aromatic rings. The van der Waals surface area contributed by atoms with Crippen LogP contribution in [0.25, 0.3) is 0 Å². The molecule has 68 valence electrons. The third-order valence-electron chi connectivity index (χ3n) is 2.85. The molecule has 0 unspecified atom stereocenters. The number of nitrogens with zero attached hydrogens (tertiary/aromatic N) is 1. The summed E-state index contributed by atoms with van der Waals surface area (Å²) in [5.74, 6) is 0. The van der Waals surface area contributed by atoms with Gasteiger partial charge in [0, 0.05) is 0 Å². The van der Waals surface area contributed by atoms with Crippen LogP contribution in [0.1, 0.15) is 27.8 Å². The molecular formula is C11H14N2. The molecule has 1 aromatic carbocycles. The van der Waals surface area contributed by atoms with E-state index in [1.807, 2.05) is 27.7 Å². The zero-order valence-corrected chi connectivity index (χ0v) is 8.52. The Morgan fingerprint density at radius 3 is 1.85 bits per heavy atom. The Balaban J connectivity index is 3.69. The fourth-order valence-electron chi connectivity index (χ4n) is 1.49. The molecule has 0 bridgehead atoms. The summed E-state index contributed by atoms with van der Waals surface area (Å²) < 4.78 is 0. The zero-order chi connectivity index (χ0) is 10.2. The van der Waals surface area contributed by atoms with E-state index in [4.69, 9.17) is 11.0 Å². The van der Waals surface area contributed by atoms with Crippen molar-refractivity contribution in [3.05, 3.63) is 27.8 Å².